The van der Waals surface area contributed by atoms with Crippen LogP contribution >= 0.6 is 11.3 Å². The van der Waals surface area contributed by atoms with Crippen LogP contribution in [0.15, 0.2) is 72.3 Å². The minimum atomic E-state index is -0.968. The number of carbonyl (C=O) groups excluding carboxylic acids is 2. The second-order valence-electron chi connectivity index (χ2n) is 7.92. The lowest BCUT2D eigenvalue weighted by molar-refractivity contribution is -0.132. The summed E-state index contributed by atoms with van der Waals surface area (Å²) in [7, 11) is 1.52. The number of carbonyl (C=O) groups is 2. The van der Waals surface area contributed by atoms with Crippen molar-refractivity contribution in [2.75, 3.05) is 12.0 Å². The maximum atomic E-state index is 13.7. The molecule has 0 bridgehead atoms. The quantitative estimate of drug-likeness (QED) is 0.244. The van der Waals surface area contributed by atoms with Gasteiger partial charge < -0.3 is 9.84 Å². The fourth-order valence-electron chi connectivity index (χ4n) is 4.02. The van der Waals surface area contributed by atoms with Crippen molar-refractivity contribution in [1.82, 2.24) is 4.98 Å². The number of aliphatic hydroxyl groups excluding tert-OH is 1. The lowest BCUT2D eigenvalue weighted by Crippen LogP contribution is -2.29. The van der Waals surface area contributed by atoms with E-state index in [0.717, 1.165) is 10.3 Å². The normalized spacial score (nSPS) is 17.5. The molecule has 5 rings (SSSR count). The lowest BCUT2D eigenvalue weighted by Gasteiger charge is -2.23. The molecule has 0 unspecified atom stereocenters. The third-order valence-corrected chi connectivity index (χ3v) is 6.75. The van der Waals surface area contributed by atoms with Crippen LogP contribution in [0.25, 0.3) is 16.0 Å². The zero-order chi connectivity index (χ0) is 24.0. The van der Waals surface area contributed by atoms with Crippen LogP contribution in [0.2, 0.25) is 0 Å². The van der Waals surface area contributed by atoms with Crippen LogP contribution < -0.4 is 9.64 Å². The summed E-state index contributed by atoms with van der Waals surface area (Å²) >= 11 is 1.28. The Bertz CT molecular complexity index is 1460. The van der Waals surface area contributed by atoms with Crippen molar-refractivity contribution in [2.45, 2.75) is 13.0 Å². The summed E-state index contributed by atoms with van der Waals surface area (Å²) in [6.45, 7) is 1.96. The number of nitrogens with zero attached hydrogens (tertiary/aromatic N) is 2. The van der Waals surface area contributed by atoms with Crippen LogP contribution in [0.1, 0.15) is 22.7 Å². The number of Topliss-reactive ketones (excluding diaryl/α,β-unsaturated/α-hetero) is 1. The monoisotopic (exact) mass is 474 g/mol. The van der Waals surface area contributed by atoms with Gasteiger partial charge in [0, 0.05) is 5.56 Å². The molecule has 1 fully saturated rings. The molecule has 3 aromatic carbocycles. The number of ketones is 1. The minimum absolute atomic E-state index is 0.0859. The predicted octanol–water partition coefficient (Wildman–Crippen LogP) is 5.38. The smallest absolute Gasteiger partial charge is 0.301 e. The van der Waals surface area contributed by atoms with Crippen LogP contribution in [-0.4, -0.2) is 28.9 Å². The van der Waals surface area contributed by atoms with E-state index >= 15 is 0 Å². The molecule has 1 saturated heterocycles. The minimum Gasteiger partial charge on any atom is -0.507 e. The van der Waals surface area contributed by atoms with Gasteiger partial charge in [0.2, 0.25) is 0 Å². The van der Waals surface area contributed by atoms with Gasteiger partial charge in [-0.05, 0) is 66.6 Å². The Balaban J connectivity index is 1.71. The van der Waals surface area contributed by atoms with E-state index in [1.54, 1.807) is 24.3 Å². The van der Waals surface area contributed by atoms with E-state index in [2.05, 4.69) is 4.98 Å². The molecular weight excluding hydrogens is 455 g/mol. The molecule has 0 radical (unpaired) electrons. The number of halogens is 1. The highest BCUT2D eigenvalue weighted by Gasteiger charge is 2.48. The van der Waals surface area contributed by atoms with Gasteiger partial charge in [0.1, 0.15) is 17.3 Å². The average molecular weight is 475 g/mol. The number of aliphatic hydroxyl groups is 1. The summed E-state index contributed by atoms with van der Waals surface area (Å²) in [5, 5.41) is 11.5. The number of methoxy groups -OCH3 is 1. The Morgan fingerprint density at radius 3 is 2.44 bits per heavy atom. The number of amides is 1. The van der Waals surface area contributed by atoms with Gasteiger partial charge in [0.05, 0.1) is 28.9 Å². The summed E-state index contributed by atoms with van der Waals surface area (Å²) < 4.78 is 19.7. The van der Waals surface area contributed by atoms with Crippen LogP contribution in [0.4, 0.5) is 9.52 Å². The molecule has 1 atom stereocenters. The topological polar surface area (TPSA) is 79.7 Å². The largest absolute Gasteiger partial charge is 0.507 e. The molecular formula is C26H19FN2O4S. The molecule has 1 aliphatic rings. The van der Waals surface area contributed by atoms with E-state index in [1.165, 1.54) is 47.6 Å². The zero-order valence-electron chi connectivity index (χ0n) is 18.3. The van der Waals surface area contributed by atoms with Gasteiger partial charge in [-0.1, -0.05) is 29.5 Å². The van der Waals surface area contributed by atoms with Gasteiger partial charge >= 0.3 is 5.91 Å². The molecule has 0 aliphatic carbocycles. The number of anilines is 1. The maximum absolute atomic E-state index is 13.7. The first kappa shape index (κ1) is 21.8. The van der Waals surface area contributed by atoms with E-state index in [1.807, 2.05) is 25.1 Å². The fourth-order valence-corrected chi connectivity index (χ4v) is 5.11. The maximum Gasteiger partial charge on any atom is 0.301 e. The highest BCUT2D eigenvalue weighted by atomic mass is 32.1. The van der Waals surface area contributed by atoms with Crippen molar-refractivity contribution in [2.24, 2.45) is 0 Å². The number of aryl methyl sites for hydroxylation is 1. The number of hydrogen-bond donors (Lipinski definition) is 1. The molecule has 34 heavy (non-hydrogen) atoms. The third-order valence-electron chi connectivity index (χ3n) is 5.73. The molecule has 8 heteroatoms. The van der Waals surface area contributed by atoms with Crippen molar-refractivity contribution in [3.8, 4) is 5.75 Å². The Hall–Kier alpha value is -4.04. The molecule has 1 N–H and O–H groups in total. The van der Waals surface area contributed by atoms with Crippen LogP contribution in [0.5, 0.6) is 5.75 Å². The molecule has 170 valence electrons. The molecule has 1 aliphatic heterocycles. The number of aromatic nitrogens is 1. The van der Waals surface area contributed by atoms with Gasteiger partial charge in [0.15, 0.2) is 5.13 Å². The van der Waals surface area contributed by atoms with Crippen molar-refractivity contribution < 1.29 is 23.8 Å². The van der Waals surface area contributed by atoms with E-state index < -0.39 is 23.5 Å². The molecule has 0 saturated carbocycles. The van der Waals surface area contributed by atoms with Gasteiger partial charge in [-0.25, -0.2) is 9.37 Å². The Kier molecular flexibility index (Phi) is 5.37. The summed E-state index contributed by atoms with van der Waals surface area (Å²) in [5.74, 6) is -1.84. The van der Waals surface area contributed by atoms with Crippen LogP contribution in [0.3, 0.4) is 0 Å². The zero-order valence-corrected chi connectivity index (χ0v) is 19.1. The Morgan fingerprint density at radius 1 is 1.06 bits per heavy atom. The van der Waals surface area contributed by atoms with Crippen LogP contribution in [0, 0.1) is 12.7 Å². The van der Waals surface area contributed by atoms with E-state index in [9.17, 15) is 19.1 Å². The summed E-state index contributed by atoms with van der Waals surface area (Å²) in [6, 6.07) is 16.8. The first-order chi connectivity index (χ1) is 16.4. The first-order valence-electron chi connectivity index (χ1n) is 10.5. The third kappa shape index (κ3) is 3.62. The first-order valence-corrected chi connectivity index (χ1v) is 11.3. The number of thiazole rings is 1. The van der Waals surface area contributed by atoms with Gasteiger partial charge in [-0.15, -0.1) is 0 Å². The molecule has 6 nitrogen and oxygen atoms in total. The number of benzene rings is 3. The molecule has 0 spiro atoms. The summed E-state index contributed by atoms with van der Waals surface area (Å²) in [4.78, 5) is 32.3. The van der Waals surface area contributed by atoms with Crippen molar-refractivity contribution in [1.29, 1.82) is 0 Å². The SMILES string of the molecule is COc1ccc(/C(O)=C2\C(=O)C(=O)N(c3nc4ccc(C)cc4s3)[C@@H]2c2ccc(F)cc2)cc1. The number of fused-ring (bicyclic) bond motifs is 1. The second-order valence-corrected chi connectivity index (χ2v) is 8.93. The van der Waals surface area contributed by atoms with E-state index in [4.69, 9.17) is 4.74 Å². The van der Waals surface area contributed by atoms with E-state index in [-0.39, 0.29) is 11.3 Å². The van der Waals surface area contributed by atoms with Crippen molar-refractivity contribution in [3.05, 3.63) is 94.8 Å². The van der Waals surface area contributed by atoms with Crippen LogP contribution in [-0.2, 0) is 9.59 Å². The molecule has 4 aromatic rings. The van der Waals surface area contributed by atoms with Gasteiger partial charge in [-0.3, -0.25) is 14.5 Å². The molecule has 1 aromatic heterocycles. The number of ether oxygens (including phenoxy) is 1. The Morgan fingerprint density at radius 2 is 1.76 bits per heavy atom. The highest BCUT2D eigenvalue weighted by Crippen LogP contribution is 2.44. The lowest BCUT2D eigenvalue weighted by atomic mass is 9.95. The van der Waals surface area contributed by atoms with Gasteiger partial charge in [-0.2, -0.15) is 0 Å². The fraction of sp³-hybridized carbons (Fsp3) is 0.115. The molecule has 1 amide bonds. The highest BCUT2D eigenvalue weighted by molar-refractivity contribution is 7.22. The predicted molar refractivity (Wildman–Crippen MR) is 129 cm³/mol. The number of rotatable bonds is 4. The Labute approximate surface area is 198 Å². The summed E-state index contributed by atoms with van der Waals surface area (Å²) in [6.07, 6.45) is 0. The van der Waals surface area contributed by atoms with Crippen molar-refractivity contribution >= 4 is 44.1 Å². The van der Waals surface area contributed by atoms with Gasteiger partial charge in [0.25, 0.3) is 5.78 Å². The number of hydrogen-bond acceptors (Lipinski definition) is 6. The standard InChI is InChI=1S/C26H19FN2O4S/c1-14-3-12-19-20(13-14)34-26(28-19)29-22(15-4-8-17(27)9-5-15)21(24(31)25(29)32)23(30)16-6-10-18(33-2)11-7-16/h3-13,22,30H,1-2H3/b23-21+/t22-/m1/s1. The summed E-state index contributed by atoms with van der Waals surface area (Å²) in [5.41, 5.74) is 2.48. The average Bonchev–Trinajstić information content (AvgIpc) is 3.37. The second kappa shape index (κ2) is 8.39. The van der Waals surface area contributed by atoms with E-state index in [0.29, 0.717) is 27.5 Å². The van der Waals surface area contributed by atoms with Crippen molar-refractivity contribution in [3.63, 3.8) is 0 Å². The molecule has 2 heterocycles.